The molecule has 16 heavy (non-hydrogen) atoms. The summed E-state index contributed by atoms with van der Waals surface area (Å²) in [5, 5.41) is 0. The minimum absolute atomic E-state index is 0.137. The molecule has 94 valence electrons. The Hall–Kier alpha value is -0.410. The minimum atomic E-state index is 0.137. The van der Waals surface area contributed by atoms with Gasteiger partial charge in [0.2, 0.25) is 0 Å². The Labute approximate surface area is 99.1 Å². The lowest BCUT2D eigenvalue weighted by Crippen LogP contribution is -2.39. The van der Waals surface area contributed by atoms with Gasteiger partial charge >= 0.3 is 0 Å². The van der Waals surface area contributed by atoms with Crippen molar-refractivity contribution in [3.05, 3.63) is 0 Å². The Bertz CT molecular complexity index is 216. The Morgan fingerprint density at radius 3 is 2.81 bits per heavy atom. The Balaban J connectivity index is 2.32. The van der Waals surface area contributed by atoms with E-state index < -0.39 is 0 Å². The van der Waals surface area contributed by atoms with Gasteiger partial charge in [0, 0.05) is 13.0 Å². The van der Waals surface area contributed by atoms with E-state index in [-0.39, 0.29) is 12.1 Å². The second-order valence-corrected chi connectivity index (χ2v) is 4.98. The molecule has 3 nitrogen and oxygen atoms in total. The van der Waals surface area contributed by atoms with Crippen molar-refractivity contribution in [2.75, 3.05) is 20.2 Å². The molecule has 1 fully saturated rings. The zero-order valence-corrected chi connectivity index (χ0v) is 10.9. The van der Waals surface area contributed by atoms with Crippen molar-refractivity contribution in [2.24, 2.45) is 0 Å². The van der Waals surface area contributed by atoms with Crippen molar-refractivity contribution in [3.63, 3.8) is 0 Å². The fraction of sp³-hybridized carbons (Fsp3) is 0.923. The lowest BCUT2D eigenvalue weighted by Gasteiger charge is -2.26. The lowest BCUT2D eigenvalue weighted by molar-refractivity contribution is -0.124. The maximum absolute atomic E-state index is 11.9. The van der Waals surface area contributed by atoms with Crippen molar-refractivity contribution in [2.45, 2.75) is 58.1 Å². The van der Waals surface area contributed by atoms with Crippen LogP contribution in [-0.2, 0) is 9.53 Å². The number of nitrogens with zero attached hydrogens (tertiary/aromatic N) is 1. The maximum Gasteiger partial charge on any atom is 0.149 e. The first-order chi connectivity index (χ1) is 7.61. The molecule has 0 heterocycles. The van der Waals surface area contributed by atoms with E-state index >= 15 is 0 Å². The van der Waals surface area contributed by atoms with Crippen molar-refractivity contribution in [1.29, 1.82) is 0 Å². The zero-order chi connectivity index (χ0) is 12.0. The molecule has 0 amide bonds. The highest BCUT2D eigenvalue weighted by atomic mass is 16.5. The number of hydrogen-bond donors (Lipinski definition) is 0. The summed E-state index contributed by atoms with van der Waals surface area (Å²) in [6.07, 6.45) is 5.53. The second-order valence-electron chi connectivity index (χ2n) is 4.98. The first-order valence-corrected chi connectivity index (χ1v) is 6.46. The number of ether oxygens (including phenoxy) is 1. The lowest BCUT2D eigenvalue weighted by atomic mass is 10.1. The van der Waals surface area contributed by atoms with Gasteiger partial charge in [0.1, 0.15) is 5.78 Å². The highest BCUT2D eigenvalue weighted by molar-refractivity contribution is 5.84. The first kappa shape index (κ1) is 13.7. The third kappa shape index (κ3) is 4.62. The van der Waals surface area contributed by atoms with Gasteiger partial charge in [0.15, 0.2) is 0 Å². The summed E-state index contributed by atoms with van der Waals surface area (Å²) >= 11 is 0. The van der Waals surface area contributed by atoms with E-state index in [0.717, 1.165) is 32.4 Å². The smallest absolute Gasteiger partial charge is 0.149 e. The van der Waals surface area contributed by atoms with Gasteiger partial charge in [0.25, 0.3) is 0 Å². The summed E-state index contributed by atoms with van der Waals surface area (Å²) in [6, 6.07) is 0.137. The summed E-state index contributed by atoms with van der Waals surface area (Å²) in [7, 11) is 2.04. The van der Waals surface area contributed by atoms with E-state index in [1.54, 1.807) is 0 Å². The molecule has 0 bridgehead atoms. The molecule has 1 aliphatic rings. The Kier molecular flexibility index (Phi) is 5.99. The van der Waals surface area contributed by atoms with Crippen LogP contribution in [0.3, 0.4) is 0 Å². The van der Waals surface area contributed by atoms with Crippen LogP contribution >= 0.6 is 0 Å². The summed E-state index contributed by atoms with van der Waals surface area (Å²) in [5.74, 6) is 0.421. The number of rotatable bonds is 5. The van der Waals surface area contributed by atoms with Crippen molar-refractivity contribution < 1.29 is 9.53 Å². The normalized spacial score (nSPS) is 22.8. The molecule has 0 aromatic carbocycles. The second kappa shape index (κ2) is 7.02. The van der Waals surface area contributed by atoms with E-state index in [9.17, 15) is 4.79 Å². The molecule has 0 N–H and O–H groups in total. The predicted octanol–water partition coefficient (Wildman–Crippen LogP) is 2.25. The van der Waals surface area contributed by atoms with Gasteiger partial charge < -0.3 is 4.74 Å². The van der Waals surface area contributed by atoms with Crippen LogP contribution in [0.1, 0.15) is 46.0 Å². The van der Waals surface area contributed by atoms with E-state index in [1.807, 2.05) is 20.9 Å². The van der Waals surface area contributed by atoms with Gasteiger partial charge in [-0.15, -0.1) is 0 Å². The van der Waals surface area contributed by atoms with Crippen LogP contribution in [0, 0.1) is 0 Å². The number of carbonyl (C=O) groups excluding carboxylic acids is 1. The molecule has 1 saturated carbocycles. The highest BCUT2D eigenvalue weighted by Crippen LogP contribution is 2.18. The summed E-state index contributed by atoms with van der Waals surface area (Å²) < 4.78 is 5.52. The molecular formula is C13H25NO2. The average Bonchev–Trinajstić information content (AvgIpc) is 2.42. The monoisotopic (exact) mass is 227 g/mol. The molecule has 0 aromatic rings. The molecule has 0 aliphatic heterocycles. The molecule has 1 aliphatic carbocycles. The quantitative estimate of drug-likeness (QED) is 0.675. The molecule has 0 spiro atoms. The fourth-order valence-electron chi connectivity index (χ4n) is 2.20. The van der Waals surface area contributed by atoms with Crippen LogP contribution < -0.4 is 0 Å². The standard InChI is InChI=1S/C13H25NO2/c1-11(2)16-10-9-14(3)12-7-5-4-6-8-13(12)15/h11-12H,4-10H2,1-3H3. The summed E-state index contributed by atoms with van der Waals surface area (Å²) in [5.41, 5.74) is 0. The van der Waals surface area contributed by atoms with Crippen LogP contribution in [0.4, 0.5) is 0 Å². The Morgan fingerprint density at radius 1 is 1.38 bits per heavy atom. The molecule has 0 saturated heterocycles. The van der Waals surface area contributed by atoms with E-state index in [1.165, 1.54) is 12.8 Å². The molecular weight excluding hydrogens is 202 g/mol. The number of carbonyl (C=O) groups is 1. The summed E-state index contributed by atoms with van der Waals surface area (Å²) in [4.78, 5) is 14.0. The van der Waals surface area contributed by atoms with Crippen LogP contribution in [0.2, 0.25) is 0 Å². The molecule has 1 atom stereocenters. The molecule has 1 unspecified atom stereocenters. The SMILES string of the molecule is CC(C)OCCN(C)C1CCCCCC1=O. The van der Waals surface area contributed by atoms with E-state index in [0.29, 0.717) is 5.78 Å². The van der Waals surface area contributed by atoms with Crippen LogP contribution in [-0.4, -0.2) is 43.0 Å². The van der Waals surface area contributed by atoms with Crippen LogP contribution in [0.25, 0.3) is 0 Å². The van der Waals surface area contributed by atoms with Crippen molar-refractivity contribution >= 4 is 5.78 Å². The topological polar surface area (TPSA) is 29.5 Å². The number of ketones is 1. The molecule has 1 rings (SSSR count). The average molecular weight is 227 g/mol. The van der Waals surface area contributed by atoms with Gasteiger partial charge in [-0.25, -0.2) is 0 Å². The van der Waals surface area contributed by atoms with Crippen LogP contribution in [0.15, 0.2) is 0 Å². The van der Waals surface area contributed by atoms with Gasteiger partial charge in [-0.05, 0) is 33.7 Å². The van der Waals surface area contributed by atoms with Gasteiger partial charge in [0.05, 0.1) is 18.8 Å². The maximum atomic E-state index is 11.9. The van der Waals surface area contributed by atoms with Gasteiger partial charge in [-0.1, -0.05) is 12.8 Å². The molecule has 0 aromatic heterocycles. The van der Waals surface area contributed by atoms with E-state index in [4.69, 9.17) is 4.74 Å². The van der Waals surface area contributed by atoms with Crippen molar-refractivity contribution in [3.8, 4) is 0 Å². The third-order valence-electron chi connectivity index (χ3n) is 3.20. The largest absolute Gasteiger partial charge is 0.377 e. The third-order valence-corrected chi connectivity index (χ3v) is 3.20. The van der Waals surface area contributed by atoms with E-state index in [2.05, 4.69) is 4.90 Å². The number of Topliss-reactive ketones (excluding diaryl/α,β-unsaturated/α-hetero) is 1. The van der Waals surface area contributed by atoms with Gasteiger partial charge in [-0.3, -0.25) is 9.69 Å². The molecule has 3 heteroatoms. The van der Waals surface area contributed by atoms with Gasteiger partial charge in [-0.2, -0.15) is 0 Å². The summed E-state index contributed by atoms with van der Waals surface area (Å²) in [6.45, 7) is 5.65. The van der Waals surface area contributed by atoms with Crippen molar-refractivity contribution in [1.82, 2.24) is 4.90 Å². The molecule has 0 radical (unpaired) electrons. The zero-order valence-electron chi connectivity index (χ0n) is 10.9. The minimum Gasteiger partial charge on any atom is -0.377 e. The number of hydrogen-bond acceptors (Lipinski definition) is 3. The fourth-order valence-corrected chi connectivity index (χ4v) is 2.20. The predicted molar refractivity (Wildman–Crippen MR) is 65.6 cm³/mol. The Morgan fingerprint density at radius 2 is 2.12 bits per heavy atom. The van der Waals surface area contributed by atoms with Crippen LogP contribution in [0.5, 0.6) is 0 Å². The number of likely N-dealkylation sites (N-methyl/N-ethyl adjacent to an activating group) is 1. The highest BCUT2D eigenvalue weighted by Gasteiger charge is 2.24. The first-order valence-electron chi connectivity index (χ1n) is 6.46.